The van der Waals surface area contributed by atoms with Crippen molar-refractivity contribution >= 4 is 40.6 Å². The number of carbonyl (C=O) groups excluding carboxylic acids is 1. The fraction of sp³-hybridized carbons (Fsp3) is 0.294. The molecule has 1 aliphatic heterocycles. The Balaban J connectivity index is 1.48. The molecule has 1 aliphatic rings. The molecule has 0 radical (unpaired) electrons. The number of halogens is 1. The van der Waals surface area contributed by atoms with Crippen LogP contribution in [0.15, 0.2) is 44.4 Å². The lowest BCUT2D eigenvalue weighted by Gasteiger charge is -2.26. The summed E-state index contributed by atoms with van der Waals surface area (Å²) in [6.07, 6.45) is 4.83. The number of hydrogen-bond donors (Lipinski definition) is 0. The number of likely N-dealkylation sites (tertiary alicyclic amines) is 1. The Labute approximate surface area is 163 Å². The van der Waals surface area contributed by atoms with Crippen LogP contribution in [0.5, 0.6) is 0 Å². The number of hydrogen-bond acceptors (Lipinski definition) is 7. The van der Waals surface area contributed by atoms with Gasteiger partial charge in [0.05, 0.1) is 15.5 Å². The molecule has 0 aromatic carbocycles. The molecule has 6 nitrogen and oxygen atoms in total. The Morgan fingerprint density at radius 1 is 1.27 bits per heavy atom. The van der Waals surface area contributed by atoms with E-state index in [4.69, 9.17) is 16.0 Å². The van der Waals surface area contributed by atoms with Gasteiger partial charge in [-0.05, 0) is 48.5 Å². The van der Waals surface area contributed by atoms with Crippen molar-refractivity contribution in [1.82, 2.24) is 20.1 Å². The molecule has 26 heavy (non-hydrogen) atoms. The van der Waals surface area contributed by atoms with Crippen molar-refractivity contribution < 1.29 is 9.21 Å². The number of thiophene rings is 1. The summed E-state index contributed by atoms with van der Waals surface area (Å²) < 4.78 is 5.64. The van der Waals surface area contributed by atoms with Gasteiger partial charge in [-0.25, -0.2) is 4.98 Å². The van der Waals surface area contributed by atoms with E-state index in [9.17, 15) is 4.79 Å². The van der Waals surface area contributed by atoms with Gasteiger partial charge in [0, 0.05) is 19.3 Å². The highest BCUT2D eigenvalue weighted by molar-refractivity contribution is 7.99. The van der Waals surface area contributed by atoms with E-state index in [1.54, 1.807) is 12.3 Å². The molecule has 9 heteroatoms. The highest BCUT2D eigenvalue weighted by Gasteiger charge is 2.20. The SMILES string of the molecule is O=C(c1cnc(Sc2nnc(-c3cccs3)o2)c(Cl)c1)N1CCCCC1. The van der Waals surface area contributed by atoms with Crippen LogP contribution in [-0.2, 0) is 0 Å². The van der Waals surface area contributed by atoms with Crippen LogP contribution in [0.1, 0.15) is 29.6 Å². The van der Waals surface area contributed by atoms with Crippen molar-refractivity contribution in [1.29, 1.82) is 0 Å². The van der Waals surface area contributed by atoms with Gasteiger partial charge in [-0.15, -0.1) is 21.5 Å². The molecule has 134 valence electrons. The van der Waals surface area contributed by atoms with E-state index >= 15 is 0 Å². The zero-order valence-electron chi connectivity index (χ0n) is 13.7. The Morgan fingerprint density at radius 2 is 2.12 bits per heavy atom. The van der Waals surface area contributed by atoms with Crippen molar-refractivity contribution in [2.24, 2.45) is 0 Å². The average molecular weight is 407 g/mol. The molecule has 0 aliphatic carbocycles. The van der Waals surface area contributed by atoms with Crippen molar-refractivity contribution in [2.75, 3.05) is 13.1 Å². The molecular weight excluding hydrogens is 392 g/mol. The van der Waals surface area contributed by atoms with Crippen LogP contribution in [0.2, 0.25) is 5.02 Å². The maximum absolute atomic E-state index is 12.5. The molecule has 3 aromatic heterocycles. The minimum atomic E-state index is -0.0200. The van der Waals surface area contributed by atoms with Crippen LogP contribution < -0.4 is 0 Å². The topological polar surface area (TPSA) is 72.1 Å². The molecule has 1 saturated heterocycles. The van der Waals surface area contributed by atoms with Crippen molar-refractivity contribution in [3.63, 3.8) is 0 Å². The summed E-state index contributed by atoms with van der Waals surface area (Å²) in [6.45, 7) is 1.58. The highest BCUT2D eigenvalue weighted by atomic mass is 35.5. The zero-order valence-corrected chi connectivity index (χ0v) is 16.1. The summed E-state index contributed by atoms with van der Waals surface area (Å²) in [7, 11) is 0. The van der Waals surface area contributed by atoms with Crippen LogP contribution in [-0.4, -0.2) is 39.1 Å². The van der Waals surface area contributed by atoms with Crippen molar-refractivity contribution in [3.8, 4) is 10.8 Å². The molecule has 0 spiro atoms. The lowest BCUT2D eigenvalue weighted by molar-refractivity contribution is 0.0724. The van der Waals surface area contributed by atoms with Crippen molar-refractivity contribution in [3.05, 3.63) is 40.4 Å². The van der Waals surface area contributed by atoms with Gasteiger partial charge >= 0.3 is 0 Å². The number of carbonyl (C=O) groups is 1. The van der Waals surface area contributed by atoms with Crippen LogP contribution in [0.25, 0.3) is 10.8 Å². The molecule has 0 unspecified atom stereocenters. The molecule has 1 fully saturated rings. The third kappa shape index (κ3) is 3.77. The van der Waals surface area contributed by atoms with Gasteiger partial charge in [0.2, 0.25) is 0 Å². The molecule has 0 bridgehead atoms. The maximum Gasteiger partial charge on any atom is 0.283 e. The fourth-order valence-corrected chi connectivity index (χ4v) is 4.29. The quantitative estimate of drug-likeness (QED) is 0.629. The number of nitrogens with zero attached hydrogens (tertiary/aromatic N) is 4. The third-order valence-electron chi connectivity index (χ3n) is 4.02. The first-order valence-corrected chi connectivity index (χ1v) is 10.3. The normalized spacial score (nSPS) is 14.6. The van der Waals surface area contributed by atoms with Gasteiger partial charge in [0.15, 0.2) is 0 Å². The van der Waals surface area contributed by atoms with Gasteiger partial charge in [0.1, 0.15) is 5.03 Å². The minimum Gasteiger partial charge on any atom is -0.410 e. The number of amides is 1. The minimum absolute atomic E-state index is 0.0200. The second-order valence-corrected chi connectivity index (χ2v) is 8.11. The number of piperidine rings is 1. The summed E-state index contributed by atoms with van der Waals surface area (Å²) in [5.74, 6) is 0.448. The van der Waals surface area contributed by atoms with Gasteiger partial charge in [-0.2, -0.15) is 0 Å². The summed E-state index contributed by atoms with van der Waals surface area (Å²) in [6, 6.07) is 5.50. The molecule has 0 saturated carbocycles. The van der Waals surface area contributed by atoms with E-state index in [0.29, 0.717) is 26.7 Å². The van der Waals surface area contributed by atoms with Gasteiger partial charge in [-0.1, -0.05) is 17.7 Å². The summed E-state index contributed by atoms with van der Waals surface area (Å²) >= 11 is 9.04. The Bertz CT molecular complexity index is 907. The Kier molecular flexibility index (Phi) is 5.23. The average Bonchev–Trinajstić information content (AvgIpc) is 3.35. The first kappa shape index (κ1) is 17.5. The Morgan fingerprint density at radius 3 is 2.85 bits per heavy atom. The molecule has 3 aromatic rings. The van der Waals surface area contributed by atoms with Gasteiger partial charge in [0.25, 0.3) is 17.0 Å². The monoisotopic (exact) mass is 406 g/mol. The largest absolute Gasteiger partial charge is 0.410 e. The van der Waals surface area contributed by atoms with Crippen LogP contribution in [0.3, 0.4) is 0 Å². The van der Waals surface area contributed by atoms with Gasteiger partial charge < -0.3 is 9.32 Å². The lowest BCUT2D eigenvalue weighted by Crippen LogP contribution is -2.35. The maximum atomic E-state index is 12.5. The number of pyridine rings is 1. The molecule has 4 rings (SSSR count). The molecular formula is C17H15ClN4O2S2. The highest BCUT2D eigenvalue weighted by Crippen LogP contribution is 2.33. The first-order chi connectivity index (χ1) is 12.7. The zero-order chi connectivity index (χ0) is 17.9. The van der Waals surface area contributed by atoms with Crippen LogP contribution in [0, 0.1) is 0 Å². The molecule has 4 heterocycles. The van der Waals surface area contributed by atoms with E-state index in [-0.39, 0.29) is 5.91 Å². The molecule has 1 amide bonds. The van der Waals surface area contributed by atoms with E-state index in [1.165, 1.54) is 29.5 Å². The second kappa shape index (κ2) is 7.77. The van der Waals surface area contributed by atoms with E-state index in [2.05, 4.69) is 15.2 Å². The smallest absolute Gasteiger partial charge is 0.283 e. The lowest BCUT2D eigenvalue weighted by atomic mass is 10.1. The molecule has 0 atom stereocenters. The van der Waals surface area contributed by atoms with Crippen LogP contribution >= 0.6 is 34.7 Å². The first-order valence-electron chi connectivity index (χ1n) is 8.21. The van der Waals surface area contributed by atoms with Gasteiger partial charge in [-0.3, -0.25) is 4.79 Å². The third-order valence-corrected chi connectivity index (χ3v) is 6.14. The predicted molar refractivity (Wildman–Crippen MR) is 101 cm³/mol. The summed E-state index contributed by atoms with van der Waals surface area (Å²) in [5, 5.41) is 11.3. The van der Waals surface area contributed by atoms with E-state index < -0.39 is 0 Å². The van der Waals surface area contributed by atoms with Crippen LogP contribution in [0.4, 0.5) is 0 Å². The Hall–Kier alpha value is -1.90. The summed E-state index contributed by atoms with van der Waals surface area (Å²) in [4.78, 5) is 19.6. The summed E-state index contributed by atoms with van der Waals surface area (Å²) in [5.41, 5.74) is 0.506. The predicted octanol–water partition coefficient (Wildman–Crippen LogP) is 4.62. The van der Waals surface area contributed by atoms with E-state index in [0.717, 1.165) is 30.8 Å². The second-order valence-electron chi connectivity index (χ2n) is 5.82. The standard InChI is InChI=1S/C17H15ClN4O2S2/c18-12-9-11(16(23)22-6-2-1-3-7-22)10-19-15(12)26-17-21-20-14(24-17)13-5-4-8-25-13/h4-5,8-10H,1-3,6-7H2. The number of aromatic nitrogens is 3. The molecule has 0 N–H and O–H groups in total. The number of rotatable bonds is 4. The van der Waals surface area contributed by atoms with E-state index in [1.807, 2.05) is 22.4 Å². The van der Waals surface area contributed by atoms with Crippen molar-refractivity contribution in [2.45, 2.75) is 29.5 Å². The fourth-order valence-electron chi connectivity index (χ4n) is 2.73.